The second-order valence-electron chi connectivity index (χ2n) is 6.28. The minimum Gasteiger partial charge on any atom is -0.452 e. The molecule has 142 valence electrons. The zero-order chi connectivity index (χ0) is 20.1. The number of benzene rings is 2. The molecule has 1 heterocycles. The summed E-state index contributed by atoms with van der Waals surface area (Å²) in [4.78, 5) is 36.3. The second-order valence-corrected chi connectivity index (χ2v) is 6.28. The third-order valence-electron chi connectivity index (χ3n) is 4.29. The number of para-hydroxylation sites is 1. The molecule has 3 rings (SSSR count). The van der Waals surface area contributed by atoms with Crippen LogP contribution in [0.1, 0.15) is 32.1 Å². The molecule has 0 atom stereocenters. The van der Waals surface area contributed by atoms with E-state index in [2.05, 4.69) is 5.32 Å². The van der Waals surface area contributed by atoms with Gasteiger partial charge in [-0.2, -0.15) is 0 Å². The normalized spacial score (nSPS) is 10.4. The van der Waals surface area contributed by atoms with Crippen LogP contribution in [0.4, 0.5) is 0 Å². The van der Waals surface area contributed by atoms with Crippen LogP contribution < -0.4 is 5.32 Å². The zero-order valence-electron chi connectivity index (χ0n) is 15.6. The summed E-state index contributed by atoms with van der Waals surface area (Å²) in [5, 5.41) is 2.20. The number of nitrogens with zero attached hydrogens (tertiary/aromatic N) is 1. The molecule has 0 fully saturated rings. The molecule has 0 radical (unpaired) electrons. The quantitative estimate of drug-likeness (QED) is 0.694. The number of carbonyl (C=O) groups excluding carboxylic acids is 3. The summed E-state index contributed by atoms with van der Waals surface area (Å²) < 4.78 is 7.04. The van der Waals surface area contributed by atoms with E-state index >= 15 is 0 Å². The maximum atomic E-state index is 12.4. The standard InChI is InChI=1S/C22H20N2O4/c1-15-13-19(16(2)24(15)18-11-7-4-8-12-18)22(27)28-14-20(25)23-21(26)17-9-5-3-6-10-17/h3-13H,14H2,1-2H3,(H,23,25,26). The van der Waals surface area contributed by atoms with Crippen LogP contribution in [0.3, 0.4) is 0 Å². The highest BCUT2D eigenvalue weighted by Gasteiger charge is 2.19. The maximum absolute atomic E-state index is 12.4. The van der Waals surface area contributed by atoms with E-state index in [1.54, 1.807) is 36.4 Å². The Morgan fingerprint density at radius 1 is 0.929 bits per heavy atom. The summed E-state index contributed by atoms with van der Waals surface area (Å²) in [5.41, 5.74) is 3.26. The number of hydrogen-bond donors (Lipinski definition) is 1. The van der Waals surface area contributed by atoms with Gasteiger partial charge < -0.3 is 9.30 Å². The molecule has 0 aliphatic rings. The van der Waals surface area contributed by atoms with Gasteiger partial charge in [-0.25, -0.2) is 4.79 Å². The largest absolute Gasteiger partial charge is 0.452 e. The Balaban J connectivity index is 1.64. The third kappa shape index (κ3) is 4.17. The molecule has 6 nitrogen and oxygen atoms in total. The lowest BCUT2D eigenvalue weighted by Crippen LogP contribution is -2.34. The number of imide groups is 1. The van der Waals surface area contributed by atoms with Gasteiger partial charge in [0.05, 0.1) is 5.56 Å². The Hall–Kier alpha value is -3.67. The lowest BCUT2D eigenvalue weighted by atomic mass is 10.2. The van der Waals surface area contributed by atoms with E-state index in [4.69, 9.17) is 4.74 Å². The van der Waals surface area contributed by atoms with Crippen LogP contribution in [0.2, 0.25) is 0 Å². The van der Waals surface area contributed by atoms with Crippen molar-refractivity contribution in [2.45, 2.75) is 13.8 Å². The summed E-state index contributed by atoms with van der Waals surface area (Å²) in [6.45, 7) is 3.17. The fraction of sp³-hybridized carbons (Fsp3) is 0.136. The molecule has 1 aromatic heterocycles. The summed E-state index contributed by atoms with van der Waals surface area (Å²) in [7, 11) is 0. The van der Waals surface area contributed by atoms with Crippen molar-refractivity contribution in [3.8, 4) is 5.69 Å². The lowest BCUT2D eigenvalue weighted by Gasteiger charge is -2.09. The van der Waals surface area contributed by atoms with E-state index in [1.165, 1.54) is 0 Å². The minimum absolute atomic E-state index is 0.355. The van der Waals surface area contributed by atoms with Crippen LogP contribution in [0.25, 0.3) is 5.69 Å². The zero-order valence-corrected chi connectivity index (χ0v) is 15.6. The summed E-state index contributed by atoms with van der Waals surface area (Å²) >= 11 is 0. The van der Waals surface area contributed by atoms with Crippen molar-refractivity contribution in [1.82, 2.24) is 9.88 Å². The molecule has 0 aliphatic heterocycles. The summed E-state index contributed by atoms with van der Waals surface area (Å²) in [5.74, 6) is -1.83. The Morgan fingerprint density at radius 3 is 2.18 bits per heavy atom. The number of rotatable bonds is 5. The van der Waals surface area contributed by atoms with Crippen molar-refractivity contribution in [2.75, 3.05) is 6.61 Å². The van der Waals surface area contributed by atoms with Gasteiger partial charge in [0.1, 0.15) is 0 Å². The Morgan fingerprint density at radius 2 is 1.54 bits per heavy atom. The first-order valence-electron chi connectivity index (χ1n) is 8.78. The number of esters is 1. The average Bonchev–Trinajstić information content (AvgIpc) is 3.01. The van der Waals surface area contributed by atoms with E-state index in [0.717, 1.165) is 17.1 Å². The van der Waals surface area contributed by atoms with Gasteiger partial charge in [-0.15, -0.1) is 0 Å². The van der Waals surface area contributed by atoms with E-state index in [0.29, 0.717) is 11.1 Å². The van der Waals surface area contributed by atoms with Crippen LogP contribution in [-0.2, 0) is 9.53 Å². The number of ether oxygens (including phenoxy) is 1. The number of carbonyl (C=O) groups is 3. The molecule has 0 bridgehead atoms. The Labute approximate surface area is 162 Å². The molecule has 3 aromatic rings. The minimum atomic E-state index is -0.681. The third-order valence-corrected chi connectivity index (χ3v) is 4.29. The van der Waals surface area contributed by atoms with E-state index in [9.17, 15) is 14.4 Å². The molecule has 0 saturated heterocycles. The predicted octanol–water partition coefficient (Wildman–Crippen LogP) is 3.21. The van der Waals surface area contributed by atoms with Crippen LogP contribution in [0.15, 0.2) is 66.7 Å². The van der Waals surface area contributed by atoms with Gasteiger partial charge in [0.15, 0.2) is 6.61 Å². The van der Waals surface area contributed by atoms with Crippen LogP contribution in [0.5, 0.6) is 0 Å². The molecule has 2 amide bonds. The van der Waals surface area contributed by atoms with Gasteiger partial charge in [-0.3, -0.25) is 14.9 Å². The van der Waals surface area contributed by atoms with Crippen molar-refractivity contribution < 1.29 is 19.1 Å². The van der Waals surface area contributed by atoms with Gasteiger partial charge >= 0.3 is 5.97 Å². The van der Waals surface area contributed by atoms with Crippen LogP contribution in [-0.4, -0.2) is 29.0 Å². The van der Waals surface area contributed by atoms with Crippen molar-refractivity contribution in [3.05, 3.63) is 89.2 Å². The van der Waals surface area contributed by atoms with Gasteiger partial charge in [0.2, 0.25) is 0 Å². The van der Waals surface area contributed by atoms with Crippen LogP contribution in [0, 0.1) is 13.8 Å². The number of nitrogens with one attached hydrogen (secondary N) is 1. The number of hydrogen-bond acceptors (Lipinski definition) is 4. The molecule has 6 heteroatoms. The van der Waals surface area contributed by atoms with E-state index < -0.39 is 24.4 Å². The molecular weight excluding hydrogens is 356 g/mol. The van der Waals surface area contributed by atoms with Gasteiger partial charge in [0.25, 0.3) is 11.8 Å². The predicted molar refractivity (Wildman–Crippen MR) is 104 cm³/mol. The first-order valence-corrected chi connectivity index (χ1v) is 8.78. The highest BCUT2D eigenvalue weighted by Crippen LogP contribution is 2.21. The number of aryl methyl sites for hydroxylation is 1. The fourth-order valence-electron chi connectivity index (χ4n) is 2.98. The first-order chi connectivity index (χ1) is 13.5. The first kappa shape index (κ1) is 19.1. The van der Waals surface area contributed by atoms with Crippen LogP contribution >= 0.6 is 0 Å². The maximum Gasteiger partial charge on any atom is 0.340 e. The second kappa shape index (κ2) is 8.35. The van der Waals surface area contributed by atoms with Crippen molar-refractivity contribution >= 4 is 17.8 Å². The topological polar surface area (TPSA) is 77.4 Å². The van der Waals surface area contributed by atoms with Gasteiger partial charge in [-0.1, -0.05) is 36.4 Å². The lowest BCUT2D eigenvalue weighted by molar-refractivity contribution is -0.123. The summed E-state index contributed by atoms with van der Waals surface area (Å²) in [6.07, 6.45) is 0. The monoisotopic (exact) mass is 376 g/mol. The highest BCUT2D eigenvalue weighted by atomic mass is 16.5. The van der Waals surface area contributed by atoms with E-state index in [-0.39, 0.29) is 0 Å². The number of amides is 2. The smallest absolute Gasteiger partial charge is 0.340 e. The highest BCUT2D eigenvalue weighted by molar-refractivity contribution is 6.05. The summed E-state index contributed by atoms with van der Waals surface area (Å²) in [6, 6.07) is 19.7. The van der Waals surface area contributed by atoms with Gasteiger partial charge in [0, 0.05) is 22.6 Å². The van der Waals surface area contributed by atoms with Crippen molar-refractivity contribution in [3.63, 3.8) is 0 Å². The van der Waals surface area contributed by atoms with Crippen molar-refractivity contribution in [2.24, 2.45) is 0 Å². The Bertz CT molecular complexity index is 1010. The molecule has 0 saturated carbocycles. The molecule has 28 heavy (non-hydrogen) atoms. The Kier molecular flexibility index (Phi) is 5.69. The fourth-order valence-corrected chi connectivity index (χ4v) is 2.98. The SMILES string of the molecule is Cc1cc(C(=O)OCC(=O)NC(=O)c2ccccc2)c(C)n1-c1ccccc1. The molecule has 0 spiro atoms. The number of aromatic nitrogens is 1. The molecule has 2 aromatic carbocycles. The average molecular weight is 376 g/mol. The molecular formula is C22H20N2O4. The molecule has 1 N–H and O–H groups in total. The van der Waals surface area contributed by atoms with E-state index in [1.807, 2.05) is 48.7 Å². The molecule has 0 unspecified atom stereocenters. The van der Waals surface area contributed by atoms with Crippen molar-refractivity contribution in [1.29, 1.82) is 0 Å². The molecule has 0 aliphatic carbocycles. The van der Waals surface area contributed by atoms with Gasteiger partial charge in [-0.05, 0) is 44.2 Å².